The van der Waals surface area contributed by atoms with Gasteiger partial charge in [0, 0.05) is 23.5 Å². The Bertz CT molecular complexity index is 1310. The number of nitrogens with zero attached hydrogens (tertiary/aromatic N) is 2. The highest BCUT2D eigenvalue weighted by atomic mass is 32.1. The van der Waals surface area contributed by atoms with Crippen molar-refractivity contribution in [1.82, 2.24) is 14.9 Å². The number of esters is 1. The van der Waals surface area contributed by atoms with Crippen molar-refractivity contribution in [3.05, 3.63) is 86.8 Å². The Morgan fingerprint density at radius 2 is 1.79 bits per heavy atom. The number of aryl methyl sites for hydroxylation is 2. The monoisotopic (exact) mass is 461 g/mol. The molecule has 0 amide bonds. The first kappa shape index (κ1) is 22.9. The molecule has 0 saturated heterocycles. The molecule has 170 valence electrons. The molecular weight excluding hydrogens is 434 g/mol. The van der Waals surface area contributed by atoms with Crippen molar-refractivity contribution in [1.29, 1.82) is 0 Å². The van der Waals surface area contributed by atoms with Gasteiger partial charge in [0.2, 0.25) is 0 Å². The molecule has 0 aliphatic heterocycles. The van der Waals surface area contributed by atoms with Crippen LogP contribution in [0.3, 0.4) is 0 Å². The number of thiophene rings is 1. The Hall–Kier alpha value is -3.29. The van der Waals surface area contributed by atoms with E-state index in [0.717, 1.165) is 26.4 Å². The van der Waals surface area contributed by atoms with Crippen molar-refractivity contribution < 1.29 is 9.53 Å². The third-order valence-electron chi connectivity index (χ3n) is 5.61. The van der Waals surface area contributed by atoms with Crippen molar-refractivity contribution in [2.45, 2.75) is 33.4 Å². The van der Waals surface area contributed by atoms with Gasteiger partial charge in [-0.15, -0.1) is 11.3 Å². The normalized spacial score (nSPS) is 11.3. The number of aromatic amines is 1. The number of methoxy groups -OCH3 is 1. The zero-order chi connectivity index (χ0) is 23.4. The molecule has 0 spiro atoms. The smallest absolute Gasteiger partial charge is 0.306 e. The number of nitrogens with one attached hydrogen (secondary N) is 1. The van der Waals surface area contributed by atoms with Crippen LogP contribution in [0.15, 0.2) is 59.4 Å². The van der Waals surface area contributed by atoms with E-state index in [4.69, 9.17) is 9.72 Å². The van der Waals surface area contributed by atoms with E-state index in [2.05, 4.69) is 22.0 Å². The lowest BCUT2D eigenvalue weighted by molar-refractivity contribution is -0.141. The zero-order valence-electron chi connectivity index (χ0n) is 19.1. The van der Waals surface area contributed by atoms with Crippen LogP contribution in [-0.4, -0.2) is 34.5 Å². The van der Waals surface area contributed by atoms with Crippen LogP contribution >= 0.6 is 11.3 Å². The summed E-state index contributed by atoms with van der Waals surface area (Å²) in [6, 6.07) is 18.2. The Labute approximate surface area is 196 Å². The van der Waals surface area contributed by atoms with Gasteiger partial charge in [0.25, 0.3) is 5.56 Å². The van der Waals surface area contributed by atoms with Gasteiger partial charge >= 0.3 is 5.97 Å². The highest BCUT2D eigenvalue weighted by molar-refractivity contribution is 7.19. The van der Waals surface area contributed by atoms with E-state index in [1.165, 1.54) is 24.0 Å². The number of fused-ring (bicyclic) bond motifs is 1. The topological polar surface area (TPSA) is 75.3 Å². The van der Waals surface area contributed by atoms with Crippen molar-refractivity contribution in [2.24, 2.45) is 0 Å². The quantitative estimate of drug-likeness (QED) is 0.380. The minimum atomic E-state index is -0.262. The summed E-state index contributed by atoms with van der Waals surface area (Å²) in [6.07, 6.45) is 0.269. The Kier molecular flexibility index (Phi) is 7.01. The number of H-pyrrole nitrogens is 1. The summed E-state index contributed by atoms with van der Waals surface area (Å²) < 4.78 is 4.81. The lowest BCUT2D eigenvalue weighted by atomic mass is 10.0. The molecule has 33 heavy (non-hydrogen) atoms. The summed E-state index contributed by atoms with van der Waals surface area (Å²) in [7, 11) is 1.39. The second-order valence-corrected chi connectivity index (χ2v) is 9.32. The van der Waals surface area contributed by atoms with Crippen LogP contribution in [0.2, 0.25) is 0 Å². The van der Waals surface area contributed by atoms with Crippen molar-refractivity contribution in [3.8, 4) is 11.1 Å². The number of hydrogen-bond acceptors (Lipinski definition) is 6. The van der Waals surface area contributed by atoms with E-state index in [-0.39, 0.29) is 17.9 Å². The number of aromatic nitrogens is 2. The first-order chi connectivity index (χ1) is 15.9. The highest BCUT2D eigenvalue weighted by Crippen LogP contribution is 2.35. The van der Waals surface area contributed by atoms with Crippen LogP contribution in [0.25, 0.3) is 21.3 Å². The number of hydrogen-bond donors (Lipinski definition) is 1. The molecule has 0 bridgehead atoms. The highest BCUT2D eigenvalue weighted by Gasteiger charge is 2.18. The molecule has 0 radical (unpaired) electrons. The SMILES string of the molecule is COC(=O)CCN(Cc1ccccc1)Cc1nc2sc(C)c(-c3ccc(C)cc3)c2c(=O)[nH]1. The standard InChI is InChI=1S/C26H27N3O3S/c1-17-9-11-20(12-10-17)23-18(2)33-26-24(23)25(31)27-21(28-26)16-29(14-13-22(30)32-3)15-19-7-5-4-6-8-19/h4-12H,13-16H2,1-3H3,(H,27,28,31). The molecule has 0 aliphatic carbocycles. The molecule has 2 aromatic carbocycles. The van der Waals surface area contributed by atoms with Crippen LogP contribution in [0.1, 0.15) is 28.2 Å². The lowest BCUT2D eigenvalue weighted by Crippen LogP contribution is -2.28. The molecule has 0 unspecified atom stereocenters. The third kappa shape index (κ3) is 5.38. The maximum Gasteiger partial charge on any atom is 0.306 e. The van der Waals surface area contributed by atoms with E-state index in [0.29, 0.717) is 30.8 Å². The van der Waals surface area contributed by atoms with Crippen LogP contribution in [0.5, 0.6) is 0 Å². The zero-order valence-corrected chi connectivity index (χ0v) is 19.9. The largest absolute Gasteiger partial charge is 0.469 e. The Balaban J connectivity index is 1.65. The Morgan fingerprint density at radius 3 is 2.48 bits per heavy atom. The van der Waals surface area contributed by atoms with Crippen LogP contribution in [0.4, 0.5) is 0 Å². The van der Waals surface area contributed by atoms with Crippen LogP contribution in [-0.2, 0) is 22.6 Å². The molecule has 4 aromatic rings. The molecule has 0 fully saturated rings. The van der Waals surface area contributed by atoms with Gasteiger partial charge in [-0.3, -0.25) is 14.5 Å². The summed E-state index contributed by atoms with van der Waals surface area (Å²) in [6.45, 7) is 5.63. The van der Waals surface area contributed by atoms with Gasteiger partial charge in [0.15, 0.2) is 0 Å². The van der Waals surface area contributed by atoms with Gasteiger partial charge < -0.3 is 9.72 Å². The van der Waals surface area contributed by atoms with Crippen molar-refractivity contribution in [3.63, 3.8) is 0 Å². The second-order valence-electron chi connectivity index (χ2n) is 8.11. The summed E-state index contributed by atoms with van der Waals surface area (Å²) in [5.74, 6) is 0.326. The minimum Gasteiger partial charge on any atom is -0.469 e. The van der Waals surface area contributed by atoms with Crippen molar-refractivity contribution >= 4 is 27.5 Å². The molecule has 1 N–H and O–H groups in total. The number of ether oxygens (including phenoxy) is 1. The summed E-state index contributed by atoms with van der Waals surface area (Å²) in [5, 5.41) is 0.634. The predicted octanol–water partition coefficient (Wildman–Crippen LogP) is 4.83. The maximum absolute atomic E-state index is 13.1. The van der Waals surface area contributed by atoms with E-state index >= 15 is 0 Å². The molecule has 2 heterocycles. The first-order valence-electron chi connectivity index (χ1n) is 10.9. The molecule has 7 heteroatoms. The van der Waals surface area contributed by atoms with Gasteiger partial charge in [-0.05, 0) is 25.0 Å². The average Bonchev–Trinajstić information content (AvgIpc) is 3.14. The number of rotatable bonds is 8. The van der Waals surface area contributed by atoms with Gasteiger partial charge in [0.05, 0.1) is 25.5 Å². The summed E-state index contributed by atoms with van der Waals surface area (Å²) in [4.78, 5) is 36.5. The van der Waals surface area contributed by atoms with Gasteiger partial charge in [0.1, 0.15) is 10.7 Å². The predicted molar refractivity (Wildman–Crippen MR) is 132 cm³/mol. The molecule has 2 aromatic heterocycles. The van der Waals surface area contributed by atoms with Gasteiger partial charge in [-0.1, -0.05) is 60.2 Å². The average molecular weight is 462 g/mol. The summed E-state index contributed by atoms with van der Waals surface area (Å²) >= 11 is 1.54. The minimum absolute atomic E-state index is 0.137. The molecule has 6 nitrogen and oxygen atoms in total. The Morgan fingerprint density at radius 1 is 1.06 bits per heavy atom. The van der Waals surface area contributed by atoms with E-state index in [1.807, 2.05) is 56.3 Å². The van der Waals surface area contributed by atoms with E-state index in [1.54, 1.807) is 0 Å². The first-order valence-corrected chi connectivity index (χ1v) is 11.7. The fourth-order valence-corrected chi connectivity index (χ4v) is 4.99. The third-order valence-corrected chi connectivity index (χ3v) is 6.61. The summed E-state index contributed by atoms with van der Waals surface area (Å²) in [5.41, 5.74) is 4.13. The van der Waals surface area contributed by atoms with E-state index < -0.39 is 0 Å². The lowest BCUT2D eigenvalue weighted by Gasteiger charge is -2.21. The van der Waals surface area contributed by atoms with Crippen LogP contribution in [0, 0.1) is 13.8 Å². The molecule has 4 rings (SSSR count). The molecule has 0 aliphatic rings. The molecule has 0 atom stereocenters. The number of carbonyl (C=O) groups is 1. The van der Waals surface area contributed by atoms with E-state index in [9.17, 15) is 9.59 Å². The molecule has 0 saturated carbocycles. The van der Waals surface area contributed by atoms with Gasteiger partial charge in [-0.25, -0.2) is 4.98 Å². The fraction of sp³-hybridized carbons (Fsp3) is 0.269. The van der Waals surface area contributed by atoms with Crippen molar-refractivity contribution in [2.75, 3.05) is 13.7 Å². The number of carbonyl (C=O) groups excluding carboxylic acids is 1. The fourth-order valence-electron chi connectivity index (χ4n) is 3.93. The molecular formula is C26H27N3O3S. The second kappa shape index (κ2) is 10.1. The van der Waals surface area contributed by atoms with Crippen LogP contribution < -0.4 is 5.56 Å². The maximum atomic E-state index is 13.1. The number of benzene rings is 2. The van der Waals surface area contributed by atoms with Gasteiger partial charge in [-0.2, -0.15) is 0 Å².